The molecule has 1 rings (SSSR count). The van der Waals surface area contributed by atoms with Crippen molar-refractivity contribution in [1.29, 1.82) is 0 Å². The molecule has 88 valence electrons. The highest BCUT2D eigenvalue weighted by Gasteiger charge is 2.19. The zero-order valence-corrected chi connectivity index (χ0v) is 12.9. The fourth-order valence-electron chi connectivity index (χ4n) is 0.865. The van der Waals surface area contributed by atoms with E-state index in [9.17, 15) is 4.39 Å². The summed E-state index contributed by atoms with van der Waals surface area (Å²) in [6, 6.07) is 0. The van der Waals surface area contributed by atoms with E-state index in [-0.39, 0.29) is 30.7 Å². The molecule has 2 N–H and O–H groups in total. The SMILES string of the molecule is NC(CCl)=Nc1c(Br)c(Cl)c(F)c(Cl)c1Br. The summed E-state index contributed by atoms with van der Waals surface area (Å²) in [6.07, 6.45) is 0. The molecular formula is C8H4Br2Cl3FN2. The minimum absolute atomic E-state index is 0.0471. The number of hydrogen-bond donors (Lipinski definition) is 1. The van der Waals surface area contributed by atoms with Crippen molar-refractivity contribution in [3.8, 4) is 0 Å². The summed E-state index contributed by atoms with van der Waals surface area (Å²) < 4.78 is 13.9. The van der Waals surface area contributed by atoms with E-state index in [2.05, 4.69) is 36.9 Å². The van der Waals surface area contributed by atoms with Crippen LogP contribution < -0.4 is 5.73 Å². The van der Waals surface area contributed by atoms with Crippen molar-refractivity contribution < 1.29 is 4.39 Å². The van der Waals surface area contributed by atoms with Gasteiger partial charge in [0.25, 0.3) is 0 Å². The molecule has 0 spiro atoms. The first-order valence-electron chi connectivity index (χ1n) is 3.80. The van der Waals surface area contributed by atoms with Gasteiger partial charge in [0.1, 0.15) is 5.84 Å². The first-order chi connectivity index (χ1) is 7.40. The van der Waals surface area contributed by atoms with Crippen LogP contribution in [0.25, 0.3) is 0 Å². The Kier molecular flexibility index (Phi) is 5.32. The second kappa shape index (κ2) is 5.87. The summed E-state index contributed by atoms with van der Waals surface area (Å²) in [4.78, 5) is 3.97. The number of alkyl halides is 1. The molecule has 0 saturated heterocycles. The Hall–Kier alpha value is 0.450. The molecule has 0 aliphatic carbocycles. The first kappa shape index (κ1) is 14.5. The molecule has 0 aliphatic rings. The minimum atomic E-state index is -0.731. The number of nitrogens with zero attached hydrogens (tertiary/aromatic N) is 1. The average Bonchev–Trinajstić information content (AvgIpc) is 2.29. The Morgan fingerprint density at radius 3 is 2.06 bits per heavy atom. The van der Waals surface area contributed by atoms with Gasteiger partial charge in [-0.05, 0) is 31.9 Å². The molecule has 0 unspecified atom stereocenters. The van der Waals surface area contributed by atoms with Crippen LogP contribution in [0.4, 0.5) is 10.1 Å². The Bertz CT molecular complexity index is 436. The maximum Gasteiger partial charge on any atom is 0.162 e. The lowest BCUT2D eigenvalue weighted by Gasteiger charge is -2.08. The van der Waals surface area contributed by atoms with Gasteiger partial charge in [0.05, 0.1) is 30.6 Å². The van der Waals surface area contributed by atoms with E-state index in [4.69, 9.17) is 40.5 Å². The number of amidine groups is 1. The van der Waals surface area contributed by atoms with E-state index in [1.807, 2.05) is 0 Å². The molecule has 0 fully saturated rings. The van der Waals surface area contributed by atoms with Crippen LogP contribution in [0.1, 0.15) is 0 Å². The smallest absolute Gasteiger partial charge is 0.162 e. The molecule has 0 heterocycles. The lowest BCUT2D eigenvalue weighted by atomic mass is 10.3. The Labute approximate surface area is 123 Å². The van der Waals surface area contributed by atoms with Crippen LogP contribution in [0.15, 0.2) is 13.9 Å². The van der Waals surface area contributed by atoms with Crippen LogP contribution in [0.5, 0.6) is 0 Å². The molecule has 1 aromatic carbocycles. The third-order valence-electron chi connectivity index (χ3n) is 1.58. The highest BCUT2D eigenvalue weighted by molar-refractivity contribution is 9.11. The van der Waals surface area contributed by atoms with Gasteiger partial charge in [0.15, 0.2) is 5.82 Å². The zero-order chi connectivity index (χ0) is 12.5. The predicted molar refractivity (Wildman–Crippen MR) is 73.8 cm³/mol. The molecule has 0 radical (unpaired) electrons. The maximum atomic E-state index is 13.4. The van der Waals surface area contributed by atoms with Crippen molar-refractivity contribution in [2.24, 2.45) is 10.7 Å². The number of aliphatic imine (C=N–C) groups is 1. The number of rotatable bonds is 2. The van der Waals surface area contributed by atoms with Crippen LogP contribution in [-0.4, -0.2) is 11.7 Å². The summed E-state index contributed by atoms with van der Waals surface area (Å²) in [5.41, 5.74) is 5.78. The summed E-state index contributed by atoms with van der Waals surface area (Å²) in [6.45, 7) is 0. The molecule has 2 nitrogen and oxygen atoms in total. The quantitative estimate of drug-likeness (QED) is 0.242. The van der Waals surface area contributed by atoms with E-state index in [1.165, 1.54) is 0 Å². The van der Waals surface area contributed by atoms with Crippen molar-refractivity contribution >= 4 is 78.2 Å². The van der Waals surface area contributed by atoms with Crippen molar-refractivity contribution in [2.75, 3.05) is 5.88 Å². The zero-order valence-electron chi connectivity index (χ0n) is 7.50. The van der Waals surface area contributed by atoms with Gasteiger partial charge in [-0.1, -0.05) is 23.2 Å². The van der Waals surface area contributed by atoms with E-state index in [0.29, 0.717) is 5.69 Å². The van der Waals surface area contributed by atoms with E-state index in [0.717, 1.165) is 0 Å². The summed E-state index contributed by atoms with van der Waals surface area (Å²) in [5.74, 6) is -0.516. The number of hydrogen-bond acceptors (Lipinski definition) is 1. The van der Waals surface area contributed by atoms with Crippen LogP contribution in [0.2, 0.25) is 10.0 Å². The maximum absolute atomic E-state index is 13.4. The number of benzene rings is 1. The summed E-state index contributed by atoms with van der Waals surface area (Å²) >= 11 is 23.1. The number of halogens is 6. The highest BCUT2D eigenvalue weighted by atomic mass is 79.9. The van der Waals surface area contributed by atoms with Crippen LogP contribution in [0.3, 0.4) is 0 Å². The molecule has 0 amide bonds. The normalized spacial score (nSPS) is 12.0. The minimum Gasteiger partial charge on any atom is -0.386 e. The molecule has 1 aromatic rings. The van der Waals surface area contributed by atoms with Crippen LogP contribution in [-0.2, 0) is 0 Å². The van der Waals surface area contributed by atoms with Gasteiger partial charge in [-0.15, -0.1) is 11.6 Å². The molecule has 0 atom stereocenters. The monoisotopic (exact) mass is 410 g/mol. The average molecular weight is 413 g/mol. The Morgan fingerprint density at radius 2 is 1.69 bits per heavy atom. The van der Waals surface area contributed by atoms with Gasteiger partial charge in [-0.25, -0.2) is 9.38 Å². The predicted octanol–water partition coefficient (Wildman–Crippen LogP) is 4.89. The standard InChI is InChI=1S/C8H4Br2Cl3FN2/c9-3-5(12)7(14)6(13)4(10)8(3)16-2(15)1-11/h1H2,(H2,15,16). The molecular weight excluding hydrogens is 409 g/mol. The fourth-order valence-corrected chi connectivity index (χ4v) is 2.53. The Morgan fingerprint density at radius 1 is 1.25 bits per heavy atom. The molecule has 0 bridgehead atoms. The topological polar surface area (TPSA) is 38.4 Å². The van der Waals surface area contributed by atoms with E-state index < -0.39 is 5.82 Å². The largest absolute Gasteiger partial charge is 0.386 e. The lowest BCUT2D eigenvalue weighted by molar-refractivity contribution is 0.627. The van der Waals surface area contributed by atoms with Gasteiger partial charge in [-0.2, -0.15) is 0 Å². The highest BCUT2D eigenvalue weighted by Crippen LogP contribution is 2.45. The van der Waals surface area contributed by atoms with E-state index >= 15 is 0 Å². The van der Waals surface area contributed by atoms with Crippen LogP contribution >= 0.6 is 66.7 Å². The molecule has 0 aromatic heterocycles. The van der Waals surface area contributed by atoms with Gasteiger partial charge in [0, 0.05) is 0 Å². The van der Waals surface area contributed by atoms with Crippen molar-refractivity contribution in [1.82, 2.24) is 0 Å². The van der Waals surface area contributed by atoms with Gasteiger partial charge >= 0.3 is 0 Å². The van der Waals surface area contributed by atoms with Crippen molar-refractivity contribution in [3.63, 3.8) is 0 Å². The molecule has 0 saturated carbocycles. The van der Waals surface area contributed by atoms with Crippen molar-refractivity contribution in [2.45, 2.75) is 0 Å². The third kappa shape index (κ3) is 2.82. The van der Waals surface area contributed by atoms with Crippen LogP contribution in [0, 0.1) is 5.82 Å². The Balaban J connectivity index is 3.52. The second-order valence-electron chi connectivity index (χ2n) is 2.66. The third-order valence-corrected chi connectivity index (χ3v) is 4.56. The fraction of sp³-hybridized carbons (Fsp3) is 0.125. The molecule has 16 heavy (non-hydrogen) atoms. The summed E-state index contributed by atoms with van der Waals surface area (Å²) in [5, 5.41) is -0.316. The van der Waals surface area contributed by atoms with Crippen molar-refractivity contribution in [3.05, 3.63) is 24.8 Å². The number of nitrogens with two attached hydrogens (primary N) is 1. The second-order valence-corrected chi connectivity index (χ2v) is 5.26. The van der Waals surface area contributed by atoms with Gasteiger partial charge in [0.2, 0.25) is 0 Å². The van der Waals surface area contributed by atoms with Gasteiger partial charge < -0.3 is 5.73 Å². The van der Waals surface area contributed by atoms with Gasteiger partial charge in [-0.3, -0.25) is 0 Å². The summed E-state index contributed by atoms with van der Waals surface area (Å²) in [7, 11) is 0. The lowest BCUT2D eigenvalue weighted by Crippen LogP contribution is -2.12. The molecule has 8 heteroatoms. The van der Waals surface area contributed by atoms with E-state index in [1.54, 1.807) is 0 Å². The first-order valence-corrected chi connectivity index (χ1v) is 6.68. The molecule has 0 aliphatic heterocycles.